The van der Waals surface area contributed by atoms with E-state index in [4.69, 9.17) is 0 Å². The highest BCUT2D eigenvalue weighted by Crippen LogP contribution is 2.39. The lowest BCUT2D eigenvalue weighted by atomic mass is 10.1. The van der Waals surface area contributed by atoms with Crippen molar-refractivity contribution in [3.05, 3.63) is 35.6 Å². The number of alkyl halides is 5. The Morgan fingerprint density at radius 1 is 1.00 bits per heavy atom. The van der Waals surface area contributed by atoms with Gasteiger partial charge in [0.05, 0.1) is 0 Å². The molecule has 0 saturated carbocycles. The van der Waals surface area contributed by atoms with Gasteiger partial charge in [0.2, 0.25) is 0 Å². The van der Waals surface area contributed by atoms with Crippen LogP contribution in [0, 0.1) is 5.82 Å². The van der Waals surface area contributed by atoms with E-state index in [1.54, 1.807) is 0 Å². The van der Waals surface area contributed by atoms with E-state index in [0.717, 1.165) is 24.3 Å². The second-order valence-corrected chi connectivity index (χ2v) is 3.48. The molecule has 0 N–H and O–H groups in total. The molecule has 0 amide bonds. The minimum absolute atomic E-state index is 0.110. The number of benzene rings is 1. The first-order valence-corrected chi connectivity index (χ1v) is 4.29. The van der Waals surface area contributed by atoms with Gasteiger partial charge in [0.1, 0.15) is 5.82 Å². The molecule has 0 heterocycles. The Hall–Kier alpha value is -0.840. The number of rotatable bonds is 3. The fourth-order valence-electron chi connectivity index (χ4n) is 0.959. The van der Waals surface area contributed by atoms with Crippen LogP contribution in [0.5, 0.6) is 0 Å². The Balaban J connectivity index is 2.82. The third kappa shape index (κ3) is 3.06. The van der Waals surface area contributed by atoms with Crippen molar-refractivity contribution >= 4 is 11.6 Å². The molecule has 0 aliphatic rings. The van der Waals surface area contributed by atoms with Gasteiger partial charge in [-0.1, -0.05) is 12.1 Å². The van der Waals surface area contributed by atoms with Crippen LogP contribution in [0.25, 0.3) is 0 Å². The summed E-state index contributed by atoms with van der Waals surface area (Å²) in [4.78, 5) is 0. The van der Waals surface area contributed by atoms with Crippen molar-refractivity contribution in [2.75, 3.05) is 0 Å². The predicted molar refractivity (Wildman–Crippen MR) is 45.9 cm³/mol. The SMILES string of the molecule is Fc1ccc(CC(F)(F)C(F)(F)Cl)cc1. The van der Waals surface area contributed by atoms with Crippen molar-refractivity contribution in [3.8, 4) is 0 Å². The summed E-state index contributed by atoms with van der Waals surface area (Å²) >= 11 is 4.25. The monoisotopic (exact) mass is 244 g/mol. The first-order valence-electron chi connectivity index (χ1n) is 3.91. The lowest BCUT2D eigenvalue weighted by molar-refractivity contribution is -0.155. The Morgan fingerprint density at radius 3 is 1.87 bits per heavy atom. The van der Waals surface area contributed by atoms with Crippen LogP contribution in [0.3, 0.4) is 0 Å². The van der Waals surface area contributed by atoms with Gasteiger partial charge in [0.15, 0.2) is 0 Å². The molecule has 0 fully saturated rings. The maximum Gasteiger partial charge on any atom is 0.384 e. The summed E-state index contributed by atoms with van der Waals surface area (Å²) in [6.07, 6.45) is -1.23. The largest absolute Gasteiger partial charge is 0.384 e. The molecule has 84 valence electrons. The van der Waals surface area contributed by atoms with Crippen LogP contribution in [-0.2, 0) is 6.42 Å². The van der Waals surface area contributed by atoms with E-state index in [0.29, 0.717) is 0 Å². The summed E-state index contributed by atoms with van der Waals surface area (Å²) in [6.45, 7) is 0. The van der Waals surface area contributed by atoms with Gasteiger partial charge in [-0.2, -0.15) is 17.6 Å². The molecule has 0 bridgehead atoms. The number of hydrogen-bond donors (Lipinski definition) is 0. The van der Waals surface area contributed by atoms with Crippen LogP contribution in [0.1, 0.15) is 5.56 Å². The highest BCUT2D eigenvalue weighted by atomic mass is 35.5. The van der Waals surface area contributed by atoms with Crippen LogP contribution in [-0.4, -0.2) is 11.3 Å². The highest BCUT2D eigenvalue weighted by Gasteiger charge is 2.54. The van der Waals surface area contributed by atoms with E-state index in [2.05, 4.69) is 11.6 Å². The van der Waals surface area contributed by atoms with Gasteiger partial charge in [-0.05, 0) is 29.3 Å². The molecular formula is C9H6ClF5. The van der Waals surface area contributed by atoms with Crippen molar-refractivity contribution < 1.29 is 22.0 Å². The average Bonchev–Trinajstić information content (AvgIpc) is 2.06. The van der Waals surface area contributed by atoms with Crippen molar-refractivity contribution in [2.45, 2.75) is 17.7 Å². The first-order chi connectivity index (χ1) is 6.72. The van der Waals surface area contributed by atoms with E-state index < -0.39 is 23.5 Å². The Bertz CT molecular complexity index is 327. The summed E-state index contributed by atoms with van der Waals surface area (Å²) in [5.41, 5.74) is -0.110. The normalized spacial score (nSPS) is 12.9. The molecule has 0 aliphatic heterocycles. The smallest absolute Gasteiger partial charge is 0.207 e. The summed E-state index contributed by atoms with van der Waals surface area (Å²) in [5, 5.41) is -4.61. The van der Waals surface area contributed by atoms with E-state index in [1.165, 1.54) is 0 Å². The minimum atomic E-state index is -4.61. The first kappa shape index (κ1) is 12.2. The third-order valence-electron chi connectivity index (χ3n) is 1.75. The van der Waals surface area contributed by atoms with Crippen LogP contribution in [0.4, 0.5) is 22.0 Å². The maximum absolute atomic E-state index is 12.7. The van der Waals surface area contributed by atoms with E-state index in [-0.39, 0.29) is 5.56 Å². The van der Waals surface area contributed by atoms with Gasteiger partial charge >= 0.3 is 11.3 Å². The van der Waals surface area contributed by atoms with Gasteiger partial charge in [-0.25, -0.2) is 4.39 Å². The molecule has 15 heavy (non-hydrogen) atoms. The van der Waals surface area contributed by atoms with Gasteiger partial charge in [0.25, 0.3) is 0 Å². The van der Waals surface area contributed by atoms with Gasteiger partial charge in [-0.15, -0.1) is 0 Å². The fraction of sp³-hybridized carbons (Fsp3) is 0.333. The molecule has 6 heteroatoms. The Labute approximate surface area is 87.7 Å². The summed E-state index contributed by atoms with van der Waals surface area (Å²) < 4.78 is 62.3. The molecule has 1 aromatic rings. The van der Waals surface area contributed by atoms with Crippen molar-refractivity contribution in [2.24, 2.45) is 0 Å². The van der Waals surface area contributed by atoms with Gasteiger partial charge < -0.3 is 0 Å². The van der Waals surface area contributed by atoms with Crippen molar-refractivity contribution in [1.82, 2.24) is 0 Å². The quantitative estimate of drug-likeness (QED) is 0.560. The molecule has 0 spiro atoms. The molecule has 0 aromatic heterocycles. The van der Waals surface area contributed by atoms with Gasteiger partial charge in [-0.3, -0.25) is 0 Å². The molecule has 0 radical (unpaired) electrons. The van der Waals surface area contributed by atoms with E-state index >= 15 is 0 Å². The number of halogens is 6. The van der Waals surface area contributed by atoms with Gasteiger partial charge in [0, 0.05) is 6.42 Å². The number of hydrogen-bond acceptors (Lipinski definition) is 0. The standard InChI is InChI=1S/C9H6ClF5/c10-9(14,15)8(12,13)5-6-1-3-7(11)4-2-6/h1-4H,5H2. The zero-order valence-electron chi connectivity index (χ0n) is 7.28. The van der Waals surface area contributed by atoms with E-state index in [1.807, 2.05) is 0 Å². The lowest BCUT2D eigenvalue weighted by Crippen LogP contribution is -2.37. The Morgan fingerprint density at radius 2 is 1.47 bits per heavy atom. The Kier molecular flexibility index (Phi) is 3.23. The predicted octanol–water partition coefficient (Wildman–Crippen LogP) is 3.84. The van der Waals surface area contributed by atoms with Crippen molar-refractivity contribution in [3.63, 3.8) is 0 Å². The lowest BCUT2D eigenvalue weighted by Gasteiger charge is -2.20. The third-order valence-corrected chi connectivity index (χ3v) is 2.03. The molecule has 0 nitrogen and oxygen atoms in total. The second-order valence-electron chi connectivity index (χ2n) is 3.01. The molecule has 0 aliphatic carbocycles. The van der Waals surface area contributed by atoms with Crippen LogP contribution in [0.15, 0.2) is 24.3 Å². The maximum atomic E-state index is 12.7. The molecule has 1 rings (SSSR count). The second kappa shape index (κ2) is 3.96. The topological polar surface area (TPSA) is 0 Å². The zero-order valence-corrected chi connectivity index (χ0v) is 8.04. The van der Waals surface area contributed by atoms with Crippen LogP contribution < -0.4 is 0 Å². The molecule has 0 atom stereocenters. The molecule has 1 aromatic carbocycles. The molecule has 0 unspecified atom stereocenters. The van der Waals surface area contributed by atoms with Crippen molar-refractivity contribution in [1.29, 1.82) is 0 Å². The average molecular weight is 245 g/mol. The van der Waals surface area contributed by atoms with Crippen LogP contribution >= 0.6 is 11.6 Å². The van der Waals surface area contributed by atoms with E-state index in [9.17, 15) is 22.0 Å². The summed E-state index contributed by atoms with van der Waals surface area (Å²) in [5.74, 6) is -4.98. The summed E-state index contributed by atoms with van der Waals surface area (Å²) in [7, 11) is 0. The zero-order chi connectivity index (χ0) is 11.7. The van der Waals surface area contributed by atoms with Crippen LogP contribution in [0.2, 0.25) is 0 Å². The molecule has 0 saturated heterocycles. The summed E-state index contributed by atoms with van der Waals surface area (Å²) in [6, 6.07) is 3.84. The molecular weight excluding hydrogens is 239 g/mol. The highest BCUT2D eigenvalue weighted by molar-refractivity contribution is 6.22. The minimum Gasteiger partial charge on any atom is -0.207 e. The fourth-order valence-corrected chi connectivity index (χ4v) is 1.03.